The van der Waals surface area contributed by atoms with Crippen LogP contribution in [0, 0.1) is 0 Å². The van der Waals surface area contributed by atoms with Gasteiger partial charge in [0.1, 0.15) is 6.61 Å². The summed E-state index contributed by atoms with van der Waals surface area (Å²) in [5.74, 6) is 0.537. The van der Waals surface area contributed by atoms with E-state index in [2.05, 4.69) is 5.32 Å². The lowest BCUT2D eigenvalue weighted by atomic mass is 10.1. The van der Waals surface area contributed by atoms with Crippen LogP contribution in [-0.2, 0) is 11.4 Å². The van der Waals surface area contributed by atoms with Crippen LogP contribution in [0.5, 0.6) is 17.2 Å². The number of amides is 2. The Hall–Kier alpha value is -3.22. The van der Waals surface area contributed by atoms with Gasteiger partial charge in [0, 0.05) is 19.7 Å². The van der Waals surface area contributed by atoms with E-state index < -0.39 is 5.91 Å². The molecule has 0 aliphatic carbocycles. The van der Waals surface area contributed by atoms with Crippen molar-refractivity contribution < 1.29 is 23.8 Å². The summed E-state index contributed by atoms with van der Waals surface area (Å²) >= 11 is 0. The number of rotatable bonds is 8. The molecular weight excluding hydrogens is 348 g/mol. The Morgan fingerprint density at radius 1 is 1.00 bits per heavy atom. The Morgan fingerprint density at radius 2 is 1.59 bits per heavy atom. The molecule has 144 valence electrons. The van der Waals surface area contributed by atoms with Crippen LogP contribution in [0.15, 0.2) is 42.5 Å². The van der Waals surface area contributed by atoms with Crippen LogP contribution in [0.1, 0.15) is 15.9 Å². The Bertz CT molecular complexity index is 765. The molecule has 2 aromatic rings. The van der Waals surface area contributed by atoms with E-state index in [0.29, 0.717) is 29.4 Å². The van der Waals surface area contributed by atoms with Crippen molar-refractivity contribution in [1.82, 2.24) is 10.2 Å². The number of ether oxygens (including phenoxy) is 3. The number of nitrogens with one attached hydrogen (secondary N) is 1. The Labute approximate surface area is 158 Å². The highest BCUT2D eigenvalue weighted by atomic mass is 16.5. The third-order valence-electron chi connectivity index (χ3n) is 3.85. The third kappa shape index (κ3) is 5.37. The summed E-state index contributed by atoms with van der Waals surface area (Å²) in [4.78, 5) is 25.4. The Kier molecular flexibility index (Phi) is 7.05. The van der Waals surface area contributed by atoms with E-state index >= 15 is 0 Å². The minimum Gasteiger partial charge on any atom is -0.493 e. The maximum absolute atomic E-state index is 12.4. The number of hydrogen-bond donors (Lipinski definition) is 1. The lowest BCUT2D eigenvalue weighted by molar-refractivity contribution is -0.127. The van der Waals surface area contributed by atoms with E-state index in [1.807, 2.05) is 30.3 Å². The monoisotopic (exact) mass is 372 g/mol. The topological polar surface area (TPSA) is 77.1 Å². The summed E-state index contributed by atoms with van der Waals surface area (Å²) in [7, 11) is 6.22. The van der Waals surface area contributed by atoms with Crippen molar-refractivity contribution in [2.24, 2.45) is 0 Å². The number of carbonyl (C=O) groups is 2. The molecular formula is C20H24N2O5. The van der Waals surface area contributed by atoms with E-state index in [1.165, 1.54) is 19.1 Å². The molecule has 2 aromatic carbocycles. The highest BCUT2D eigenvalue weighted by molar-refractivity contribution is 5.97. The highest BCUT2D eigenvalue weighted by Gasteiger charge is 2.18. The molecule has 0 unspecified atom stereocenters. The quantitative estimate of drug-likeness (QED) is 0.768. The second-order valence-corrected chi connectivity index (χ2v) is 5.96. The molecule has 0 spiro atoms. The van der Waals surface area contributed by atoms with Crippen LogP contribution < -0.4 is 19.5 Å². The number of methoxy groups -OCH3 is 2. The highest BCUT2D eigenvalue weighted by Crippen LogP contribution is 2.39. The van der Waals surface area contributed by atoms with Gasteiger partial charge in [0.15, 0.2) is 11.5 Å². The minimum absolute atomic E-state index is 0.0945. The van der Waals surface area contributed by atoms with Crippen molar-refractivity contribution in [2.45, 2.75) is 6.61 Å². The van der Waals surface area contributed by atoms with E-state index in [1.54, 1.807) is 26.2 Å². The first-order chi connectivity index (χ1) is 13.0. The zero-order valence-corrected chi connectivity index (χ0v) is 15.9. The van der Waals surface area contributed by atoms with Crippen molar-refractivity contribution in [3.63, 3.8) is 0 Å². The molecule has 0 saturated carbocycles. The zero-order chi connectivity index (χ0) is 19.8. The SMILES string of the molecule is COc1cc(C(=O)NCC(=O)N(C)C)cc(OC)c1OCc1ccccc1. The molecule has 0 atom stereocenters. The molecule has 7 heteroatoms. The van der Waals surface area contributed by atoms with Crippen molar-refractivity contribution in [3.8, 4) is 17.2 Å². The van der Waals surface area contributed by atoms with Gasteiger partial charge >= 0.3 is 0 Å². The zero-order valence-electron chi connectivity index (χ0n) is 15.9. The molecule has 0 aromatic heterocycles. The maximum atomic E-state index is 12.4. The average molecular weight is 372 g/mol. The fourth-order valence-electron chi connectivity index (χ4n) is 2.30. The van der Waals surface area contributed by atoms with Gasteiger partial charge in [-0.15, -0.1) is 0 Å². The van der Waals surface area contributed by atoms with Gasteiger partial charge < -0.3 is 24.4 Å². The van der Waals surface area contributed by atoms with Crippen LogP contribution >= 0.6 is 0 Å². The molecule has 2 amide bonds. The van der Waals surface area contributed by atoms with Crippen molar-refractivity contribution in [1.29, 1.82) is 0 Å². The first-order valence-corrected chi connectivity index (χ1v) is 8.37. The molecule has 0 aliphatic heterocycles. The van der Waals surface area contributed by atoms with Crippen LogP contribution in [-0.4, -0.2) is 51.6 Å². The van der Waals surface area contributed by atoms with Gasteiger partial charge in [-0.05, 0) is 17.7 Å². The average Bonchev–Trinajstić information content (AvgIpc) is 2.69. The first-order valence-electron chi connectivity index (χ1n) is 8.37. The van der Waals surface area contributed by atoms with Gasteiger partial charge in [0.05, 0.1) is 20.8 Å². The molecule has 0 heterocycles. The summed E-state index contributed by atoms with van der Waals surface area (Å²) < 4.78 is 16.6. The van der Waals surface area contributed by atoms with Crippen molar-refractivity contribution in [2.75, 3.05) is 34.9 Å². The van der Waals surface area contributed by atoms with E-state index in [-0.39, 0.29) is 12.5 Å². The smallest absolute Gasteiger partial charge is 0.251 e. The first kappa shape index (κ1) is 20.1. The number of carbonyl (C=O) groups excluding carboxylic acids is 2. The number of hydrogen-bond acceptors (Lipinski definition) is 5. The predicted octanol–water partition coefficient (Wildman–Crippen LogP) is 2.10. The largest absolute Gasteiger partial charge is 0.493 e. The predicted molar refractivity (Wildman–Crippen MR) is 101 cm³/mol. The van der Waals surface area contributed by atoms with Gasteiger partial charge in [-0.2, -0.15) is 0 Å². The Balaban J connectivity index is 2.19. The van der Waals surface area contributed by atoms with Crippen LogP contribution in [0.25, 0.3) is 0 Å². The maximum Gasteiger partial charge on any atom is 0.251 e. The number of benzene rings is 2. The molecule has 0 aliphatic rings. The van der Waals surface area contributed by atoms with Crippen molar-refractivity contribution in [3.05, 3.63) is 53.6 Å². The van der Waals surface area contributed by atoms with Gasteiger partial charge in [0.2, 0.25) is 11.7 Å². The summed E-state index contributed by atoms with van der Waals surface area (Å²) in [6.45, 7) is 0.235. The number of nitrogens with zero attached hydrogens (tertiary/aromatic N) is 1. The molecule has 0 bridgehead atoms. The lowest BCUT2D eigenvalue weighted by Gasteiger charge is -2.16. The van der Waals surface area contributed by atoms with Gasteiger partial charge in [-0.1, -0.05) is 30.3 Å². The van der Waals surface area contributed by atoms with E-state index in [0.717, 1.165) is 5.56 Å². The molecule has 0 radical (unpaired) electrons. The lowest BCUT2D eigenvalue weighted by Crippen LogP contribution is -2.36. The number of likely N-dealkylation sites (N-methyl/N-ethyl adjacent to an activating group) is 1. The second kappa shape index (κ2) is 9.47. The van der Waals surface area contributed by atoms with Gasteiger partial charge in [-0.3, -0.25) is 9.59 Å². The van der Waals surface area contributed by atoms with Crippen molar-refractivity contribution >= 4 is 11.8 Å². The molecule has 2 rings (SSSR count). The molecule has 7 nitrogen and oxygen atoms in total. The van der Waals surface area contributed by atoms with Gasteiger partial charge in [-0.25, -0.2) is 0 Å². The second-order valence-electron chi connectivity index (χ2n) is 5.96. The fourth-order valence-corrected chi connectivity index (χ4v) is 2.30. The summed E-state index contributed by atoms with van der Waals surface area (Å²) in [5.41, 5.74) is 1.30. The van der Waals surface area contributed by atoms with E-state index in [9.17, 15) is 9.59 Å². The van der Waals surface area contributed by atoms with E-state index in [4.69, 9.17) is 14.2 Å². The fraction of sp³-hybridized carbons (Fsp3) is 0.300. The van der Waals surface area contributed by atoms with Gasteiger partial charge in [0.25, 0.3) is 5.91 Å². The normalized spacial score (nSPS) is 10.1. The van der Waals surface area contributed by atoms with Crippen LogP contribution in [0.4, 0.5) is 0 Å². The Morgan fingerprint density at radius 3 is 2.11 bits per heavy atom. The molecule has 0 saturated heterocycles. The minimum atomic E-state index is -0.406. The summed E-state index contributed by atoms with van der Waals surface area (Å²) in [6, 6.07) is 12.8. The molecule has 1 N–H and O–H groups in total. The third-order valence-corrected chi connectivity index (χ3v) is 3.85. The van der Waals surface area contributed by atoms with Crippen LogP contribution in [0.2, 0.25) is 0 Å². The summed E-state index contributed by atoms with van der Waals surface area (Å²) in [5, 5.41) is 2.58. The standard InChI is InChI=1S/C20H24N2O5/c1-22(2)18(23)12-21-20(24)15-10-16(25-3)19(17(11-15)26-4)27-13-14-8-6-5-7-9-14/h5-11H,12-13H2,1-4H3,(H,21,24). The molecule has 0 fully saturated rings. The molecule has 27 heavy (non-hydrogen) atoms. The van der Waals surface area contributed by atoms with Crippen LogP contribution in [0.3, 0.4) is 0 Å². The summed E-state index contributed by atoms with van der Waals surface area (Å²) in [6.07, 6.45) is 0.